The van der Waals surface area contributed by atoms with Gasteiger partial charge in [-0.15, -0.1) is 12.4 Å². The molecule has 0 saturated carbocycles. The maximum absolute atomic E-state index is 12.4. The SMILES string of the molecule is Cc1oc2nc[nH]c(=O)c2c1C(=O)NCCC1CCCNC1.Cl. The average Bonchev–Trinajstić information content (AvgIpc) is 2.86. The van der Waals surface area contributed by atoms with Gasteiger partial charge in [0.2, 0.25) is 5.71 Å². The first-order valence-electron chi connectivity index (χ1n) is 7.62. The summed E-state index contributed by atoms with van der Waals surface area (Å²) in [4.78, 5) is 30.7. The second-order valence-electron chi connectivity index (χ2n) is 5.70. The number of halogens is 1. The summed E-state index contributed by atoms with van der Waals surface area (Å²) in [6, 6.07) is 0. The lowest BCUT2D eigenvalue weighted by Gasteiger charge is -2.22. The summed E-state index contributed by atoms with van der Waals surface area (Å²) in [5, 5.41) is 6.46. The van der Waals surface area contributed by atoms with Crippen LogP contribution in [0.25, 0.3) is 11.1 Å². The summed E-state index contributed by atoms with van der Waals surface area (Å²) in [5.41, 5.74) is 0.123. The fourth-order valence-electron chi connectivity index (χ4n) is 2.98. The molecule has 0 radical (unpaired) electrons. The Bertz CT molecular complexity index is 734. The molecule has 23 heavy (non-hydrogen) atoms. The minimum Gasteiger partial charge on any atom is -0.442 e. The number of H-pyrrole nitrogens is 1. The number of piperidine rings is 1. The van der Waals surface area contributed by atoms with E-state index in [1.54, 1.807) is 6.92 Å². The number of hydrogen-bond donors (Lipinski definition) is 3. The lowest BCUT2D eigenvalue weighted by molar-refractivity contribution is 0.0950. The summed E-state index contributed by atoms with van der Waals surface area (Å²) < 4.78 is 5.40. The van der Waals surface area contributed by atoms with Crippen LogP contribution in [0.4, 0.5) is 0 Å². The number of furan rings is 1. The molecule has 8 heteroatoms. The zero-order valence-electron chi connectivity index (χ0n) is 13.0. The first kappa shape index (κ1) is 17.5. The Balaban J connectivity index is 0.00000192. The van der Waals surface area contributed by atoms with Gasteiger partial charge in [-0.05, 0) is 45.2 Å². The zero-order chi connectivity index (χ0) is 15.5. The Hall–Kier alpha value is -1.86. The van der Waals surface area contributed by atoms with Crippen LogP contribution < -0.4 is 16.2 Å². The molecule has 3 heterocycles. The molecule has 1 amide bonds. The number of aromatic amines is 1. The van der Waals surface area contributed by atoms with Gasteiger partial charge in [-0.1, -0.05) is 0 Å². The van der Waals surface area contributed by atoms with Crippen LogP contribution >= 0.6 is 12.4 Å². The van der Waals surface area contributed by atoms with Crippen molar-refractivity contribution >= 4 is 29.4 Å². The molecule has 1 aliphatic heterocycles. The van der Waals surface area contributed by atoms with Crippen molar-refractivity contribution in [3.8, 4) is 0 Å². The summed E-state index contributed by atoms with van der Waals surface area (Å²) in [6.45, 7) is 4.35. The third-order valence-corrected chi connectivity index (χ3v) is 4.13. The smallest absolute Gasteiger partial charge is 0.262 e. The van der Waals surface area contributed by atoms with Crippen molar-refractivity contribution in [1.82, 2.24) is 20.6 Å². The number of fused-ring (bicyclic) bond motifs is 1. The van der Waals surface area contributed by atoms with E-state index in [1.807, 2.05) is 0 Å². The highest BCUT2D eigenvalue weighted by Gasteiger charge is 2.21. The van der Waals surface area contributed by atoms with Gasteiger partial charge < -0.3 is 20.0 Å². The number of amides is 1. The molecule has 2 aromatic heterocycles. The molecule has 7 nitrogen and oxygen atoms in total. The number of carbonyl (C=O) groups is 1. The van der Waals surface area contributed by atoms with E-state index in [4.69, 9.17) is 4.42 Å². The normalized spacial score (nSPS) is 17.7. The predicted molar refractivity (Wildman–Crippen MR) is 89.2 cm³/mol. The van der Waals surface area contributed by atoms with Crippen LogP contribution in [-0.2, 0) is 0 Å². The molecule has 0 aromatic carbocycles. The van der Waals surface area contributed by atoms with Crippen LogP contribution in [0.1, 0.15) is 35.4 Å². The van der Waals surface area contributed by atoms with Gasteiger partial charge >= 0.3 is 0 Å². The van der Waals surface area contributed by atoms with E-state index in [0.29, 0.717) is 18.2 Å². The molecule has 0 aliphatic carbocycles. The zero-order valence-corrected chi connectivity index (χ0v) is 13.8. The molecule has 3 N–H and O–H groups in total. The highest BCUT2D eigenvalue weighted by molar-refractivity contribution is 6.06. The van der Waals surface area contributed by atoms with Crippen LogP contribution in [0, 0.1) is 12.8 Å². The van der Waals surface area contributed by atoms with E-state index in [0.717, 1.165) is 19.5 Å². The van der Waals surface area contributed by atoms with Crippen molar-refractivity contribution in [3.63, 3.8) is 0 Å². The molecule has 126 valence electrons. The average molecular weight is 341 g/mol. The van der Waals surface area contributed by atoms with E-state index >= 15 is 0 Å². The quantitative estimate of drug-likeness (QED) is 0.780. The Morgan fingerprint density at radius 2 is 2.35 bits per heavy atom. The van der Waals surface area contributed by atoms with Crippen molar-refractivity contribution in [3.05, 3.63) is 28.0 Å². The van der Waals surface area contributed by atoms with Gasteiger partial charge in [0.1, 0.15) is 11.1 Å². The molecular weight excluding hydrogens is 320 g/mol. The fraction of sp³-hybridized carbons (Fsp3) is 0.533. The van der Waals surface area contributed by atoms with E-state index in [-0.39, 0.29) is 40.5 Å². The monoisotopic (exact) mass is 340 g/mol. The highest BCUT2D eigenvalue weighted by Crippen LogP contribution is 2.20. The van der Waals surface area contributed by atoms with Gasteiger partial charge in [-0.3, -0.25) is 9.59 Å². The lowest BCUT2D eigenvalue weighted by atomic mass is 9.96. The van der Waals surface area contributed by atoms with Gasteiger partial charge in [-0.25, -0.2) is 4.98 Å². The van der Waals surface area contributed by atoms with Gasteiger partial charge in [0.25, 0.3) is 11.5 Å². The van der Waals surface area contributed by atoms with Crippen LogP contribution in [0.15, 0.2) is 15.5 Å². The van der Waals surface area contributed by atoms with Crippen molar-refractivity contribution < 1.29 is 9.21 Å². The Morgan fingerprint density at radius 1 is 1.52 bits per heavy atom. The second-order valence-corrected chi connectivity index (χ2v) is 5.70. The van der Waals surface area contributed by atoms with Crippen molar-refractivity contribution in [2.45, 2.75) is 26.2 Å². The van der Waals surface area contributed by atoms with E-state index in [1.165, 1.54) is 19.2 Å². The molecule has 1 aliphatic rings. The minimum atomic E-state index is -0.358. The maximum atomic E-state index is 12.4. The van der Waals surface area contributed by atoms with Crippen LogP contribution in [0.2, 0.25) is 0 Å². The first-order chi connectivity index (χ1) is 10.7. The van der Waals surface area contributed by atoms with Crippen LogP contribution in [0.5, 0.6) is 0 Å². The summed E-state index contributed by atoms with van der Waals surface area (Å²) in [7, 11) is 0. The number of nitrogens with one attached hydrogen (secondary N) is 3. The molecular formula is C15H21ClN4O3. The van der Waals surface area contributed by atoms with Crippen molar-refractivity contribution in [2.75, 3.05) is 19.6 Å². The fourth-order valence-corrected chi connectivity index (χ4v) is 2.98. The van der Waals surface area contributed by atoms with Crippen LogP contribution in [-0.4, -0.2) is 35.5 Å². The number of rotatable bonds is 4. The van der Waals surface area contributed by atoms with Gasteiger partial charge in [0.05, 0.1) is 11.9 Å². The molecule has 1 fully saturated rings. The van der Waals surface area contributed by atoms with E-state index in [2.05, 4.69) is 20.6 Å². The Kier molecular flexibility index (Phi) is 5.79. The van der Waals surface area contributed by atoms with Crippen molar-refractivity contribution in [2.24, 2.45) is 5.92 Å². The number of hydrogen-bond acceptors (Lipinski definition) is 5. The summed E-state index contributed by atoms with van der Waals surface area (Å²) >= 11 is 0. The molecule has 0 bridgehead atoms. The molecule has 1 unspecified atom stereocenters. The molecule has 2 aromatic rings. The van der Waals surface area contributed by atoms with Crippen molar-refractivity contribution in [1.29, 1.82) is 0 Å². The largest absolute Gasteiger partial charge is 0.442 e. The molecule has 0 spiro atoms. The number of aryl methyl sites for hydroxylation is 1. The summed E-state index contributed by atoms with van der Waals surface area (Å²) in [5.74, 6) is 0.732. The second kappa shape index (κ2) is 7.61. The molecule has 3 rings (SSSR count). The topological polar surface area (TPSA) is 100 Å². The lowest BCUT2D eigenvalue weighted by Crippen LogP contribution is -2.33. The number of carbonyl (C=O) groups excluding carboxylic acids is 1. The standard InChI is InChI=1S/C15H20N4O3.ClH/c1-9-11(12-14(21)18-8-19-15(12)22-9)13(20)17-6-4-10-3-2-5-16-7-10;/h8,10,16H,2-7H2,1H3,(H,17,20)(H,18,19,21);1H. The van der Waals surface area contributed by atoms with Gasteiger partial charge in [-0.2, -0.15) is 0 Å². The highest BCUT2D eigenvalue weighted by atomic mass is 35.5. The number of nitrogens with zero attached hydrogens (tertiary/aromatic N) is 1. The Morgan fingerprint density at radius 3 is 3.09 bits per heavy atom. The molecule has 1 saturated heterocycles. The van der Waals surface area contributed by atoms with Gasteiger partial charge in [0, 0.05) is 6.54 Å². The van der Waals surface area contributed by atoms with E-state index in [9.17, 15) is 9.59 Å². The summed E-state index contributed by atoms with van der Waals surface area (Å²) in [6.07, 6.45) is 4.58. The third-order valence-electron chi connectivity index (χ3n) is 4.13. The van der Waals surface area contributed by atoms with Crippen LogP contribution in [0.3, 0.4) is 0 Å². The van der Waals surface area contributed by atoms with Gasteiger partial charge in [0.15, 0.2) is 0 Å². The predicted octanol–water partition coefficient (Wildman–Crippen LogP) is 1.37. The third kappa shape index (κ3) is 3.73. The molecule has 1 atom stereocenters. The Labute approximate surface area is 139 Å². The number of aromatic nitrogens is 2. The first-order valence-corrected chi connectivity index (χ1v) is 7.62. The van der Waals surface area contributed by atoms with E-state index < -0.39 is 0 Å². The maximum Gasteiger partial charge on any atom is 0.262 e. The minimum absolute atomic E-state index is 0.